The minimum Gasteiger partial charge on any atom is -0.278 e. The molecular formula is C10H11FN2. The standard InChI is InChI=1S/C10H11FN2/c1-2-3-7-4-8-6-12-13-10(8)5-9(7)11/h4-6H,2-3H2,1H3,(H,12,13). The van der Waals surface area contributed by atoms with Gasteiger partial charge in [-0.2, -0.15) is 5.10 Å². The van der Waals surface area contributed by atoms with E-state index in [1.807, 2.05) is 13.0 Å². The molecule has 0 saturated heterocycles. The van der Waals surface area contributed by atoms with E-state index in [9.17, 15) is 4.39 Å². The number of H-pyrrole nitrogens is 1. The van der Waals surface area contributed by atoms with Crippen LogP contribution in [0.15, 0.2) is 18.3 Å². The Morgan fingerprint density at radius 2 is 2.31 bits per heavy atom. The number of aromatic nitrogens is 2. The molecule has 1 N–H and O–H groups in total. The Kier molecular flexibility index (Phi) is 2.00. The lowest BCUT2D eigenvalue weighted by molar-refractivity contribution is 0.609. The van der Waals surface area contributed by atoms with E-state index in [4.69, 9.17) is 0 Å². The molecule has 13 heavy (non-hydrogen) atoms. The molecule has 68 valence electrons. The first-order valence-electron chi connectivity index (χ1n) is 4.42. The van der Waals surface area contributed by atoms with Crippen LogP contribution in [0.5, 0.6) is 0 Å². The Balaban J connectivity index is 2.56. The summed E-state index contributed by atoms with van der Waals surface area (Å²) >= 11 is 0. The van der Waals surface area contributed by atoms with E-state index in [-0.39, 0.29) is 5.82 Å². The van der Waals surface area contributed by atoms with Crippen molar-refractivity contribution in [2.24, 2.45) is 0 Å². The molecule has 0 fully saturated rings. The number of nitrogens with one attached hydrogen (secondary N) is 1. The van der Waals surface area contributed by atoms with Gasteiger partial charge < -0.3 is 0 Å². The van der Waals surface area contributed by atoms with Gasteiger partial charge in [0.1, 0.15) is 5.82 Å². The smallest absolute Gasteiger partial charge is 0.128 e. The molecule has 1 heterocycles. The van der Waals surface area contributed by atoms with Crippen LogP contribution in [0.2, 0.25) is 0 Å². The average Bonchev–Trinajstić information content (AvgIpc) is 2.52. The Labute approximate surface area is 75.8 Å². The molecule has 0 aliphatic heterocycles. The van der Waals surface area contributed by atoms with E-state index >= 15 is 0 Å². The van der Waals surface area contributed by atoms with Gasteiger partial charge in [-0.15, -0.1) is 0 Å². The summed E-state index contributed by atoms with van der Waals surface area (Å²) in [5.41, 5.74) is 1.54. The number of hydrogen-bond donors (Lipinski definition) is 1. The van der Waals surface area contributed by atoms with Gasteiger partial charge in [0.25, 0.3) is 0 Å². The molecular weight excluding hydrogens is 167 g/mol. The van der Waals surface area contributed by atoms with Gasteiger partial charge >= 0.3 is 0 Å². The zero-order chi connectivity index (χ0) is 9.26. The van der Waals surface area contributed by atoms with Crippen molar-refractivity contribution < 1.29 is 4.39 Å². The molecule has 3 heteroatoms. The molecule has 0 saturated carbocycles. The van der Waals surface area contributed by atoms with Crippen molar-refractivity contribution >= 4 is 10.9 Å². The maximum atomic E-state index is 13.3. The van der Waals surface area contributed by atoms with Crippen LogP contribution in [0.25, 0.3) is 10.9 Å². The number of aromatic amines is 1. The summed E-state index contributed by atoms with van der Waals surface area (Å²) in [7, 11) is 0. The summed E-state index contributed by atoms with van der Waals surface area (Å²) < 4.78 is 13.3. The molecule has 0 atom stereocenters. The summed E-state index contributed by atoms with van der Waals surface area (Å²) in [6.07, 6.45) is 3.46. The Morgan fingerprint density at radius 1 is 1.46 bits per heavy atom. The quantitative estimate of drug-likeness (QED) is 0.752. The number of halogens is 1. The fraction of sp³-hybridized carbons (Fsp3) is 0.300. The highest BCUT2D eigenvalue weighted by Crippen LogP contribution is 2.17. The van der Waals surface area contributed by atoms with Crippen molar-refractivity contribution in [2.75, 3.05) is 0 Å². The molecule has 0 amide bonds. The zero-order valence-corrected chi connectivity index (χ0v) is 7.47. The van der Waals surface area contributed by atoms with E-state index in [2.05, 4.69) is 10.2 Å². The summed E-state index contributed by atoms with van der Waals surface area (Å²) in [5.74, 6) is -0.140. The second-order valence-electron chi connectivity index (χ2n) is 3.15. The molecule has 0 aliphatic rings. The van der Waals surface area contributed by atoms with Crippen LogP contribution in [0, 0.1) is 5.82 Å². The molecule has 0 unspecified atom stereocenters. The Bertz CT molecular complexity index is 420. The number of hydrogen-bond acceptors (Lipinski definition) is 1. The van der Waals surface area contributed by atoms with Gasteiger partial charge in [-0.25, -0.2) is 4.39 Å². The summed E-state index contributed by atoms with van der Waals surface area (Å²) in [6.45, 7) is 2.04. The third-order valence-electron chi connectivity index (χ3n) is 2.13. The number of rotatable bonds is 2. The fourth-order valence-corrected chi connectivity index (χ4v) is 1.47. The van der Waals surface area contributed by atoms with Crippen LogP contribution in [0.4, 0.5) is 4.39 Å². The van der Waals surface area contributed by atoms with E-state index in [1.54, 1.807) is 6.20 Å². The number of benzene rings is 1. The molecule has 2 rings (SSSR count). The number of aryl methyl sites for hydroxylation is 1. The maximum Gasteiger partial charge on any atom is 0.128 e. The average molecular weight is 178 g/mol. The fourth-order valence-electron chi connectivity index (χ4n) is 1.47. The van der Waals surface area contributed by atoms with Crippen molar-refractivity contribution in [3.8, 4) is 0 Å². The van der Waals surface area contributed by atoms with Crippen LogP contribution < -0.4 is 0 Å². The highest BCUT2D eigenvalue weighted by atomic mass is 19.1. The highest BCUT2D eigenvalue weighted by Gasteiger charge is 2.04. The van der Waals surface area contributed by atoms with Gasteiger partial charge in [0.05, 0.1) is 11.7 Å². The van der Waals surface area contributed by atoms with Crippen molar-refractivity contribution in [3.63, 3.8) is 0 Å². The van der Waals surface area contributed by atoms with Gasteiger partial charge in [-0.05, 0) is 24.1 Å². The normalized spacial score (nSPS) is 10.9. The number of fused-ring (bicyclic) bond motifs is 1. The predicted octanol–water partition coefficient (Wildman–Crippen LogP) is 2.65. The van der Waals surface area contributed by atoms with Crippen molar-refractivity contribution in [3.05, 3.63) is 29.7 Å². The summed E-state index contributed by atoms with van der Waals surface area (Å²) in [6, 6.07) is 3.37. The number of nitrogens with zero attached hydrogens (tertiary/aromatic N) is 1. The van der Waals surface area contributed by atoms with Crippen LogP contribution in [0.1, 0.15) is 18.9 Å². The maximum absolute atomic E-state index is 13.3. The first kappa shape index (κ1) is 8.23. The molecule has 0 radical (unpaired) electrons. The van der Waals surface area contributed by atoms with Gasteiger partial charge in [0.2, 0.25) is 0 Å². The third kappa shape index (κ3) is 1.41. The second-order valence-corrected chi connectivity index (χ2v) is 3.15. The first-order valence-corrected chi connectivity index (χ1v) is 4.42. The SMILES string of the molecule is CCCc1cc2cn[nH]c2cc1F. The molecule has 0 aliphatic carbocycles. The van der Waals surface area contributed by atoms with Crippen LogP contribution in [0.3, 0.4) is 0 Å². The molecule has 1 aromatic carbocycles. The Hall–Kier alpha value is -1.38. The largest absolute Gasteiger partial charge is 0.278 e. The highest BCUT2D eigenvalue weighted by molar-refractivity contribution is 5.78. The lowest BCUT2D eigenvalue weighted by Gasteiger charge is -2.00. The lowest BCUT2D eigenvalue weighted by atomic mass is 10.1. The van der Waals surface area contributed by atoms with E-state index in [0.29, 0.717) is 0 Å². The predicted molar refractivity (Wildman–Crippen MR) is 50.0 cm³/mol. The van der Waals surface area contributed by atoms with Gasteiger partial charge in [0.15, 0.2) is 0 Å². The first-order chi connectivity index (χ1) is 6.31. The molecule has 1 aromatic heterocycles. The van der Waals surface area contributed by atoms with Crippen molar-refractivity contribution in [1.82, 2.24) is 10.2 Å². The van der Waals surface area contributed by atoms with Crippen LogP contribution in [-0.4, -0.2) is 10.2 Å². The topological polar surface area (TPSA) is 28.7 Å². The minimum atomic E-state index is -0.140. The van der Waals surface area contributed by atoms with Gasteiger partial charge in [-0.1, -0.05) is 13.3 Å². The second kappa shape index (κ2) is 3.17. The molecule has 0 spiro atoms. The van der Waals surface area contributed by atoms with Crippen molar-refractivity contribution in [2.45, 2.75) is 19.8 Å². The van der Waals surface area contributed by atoms with Gasteiger partial charge in [0, 0.05) is 5.39 Å². The zero-order valence-electron chi connectivity index (χ0n) is 7.47. The molecule has 2 aromatic rings. The van der Waals surface area contributed by atoms with Crippen molar-refractivity contribution in [1.29, 1.82) is 0 Å². The summed E-state index contributed by atoms with van der Waals surface area (Å²) in [5, 5.41) is 7.57. The minimum absolute atomic E-state index is 0.140. The Morgan fingerprint density at radius 3 is 3.08 bits per heavy atom. The summed E-state index contributed by atoms with van der Waals surface area (Å²) in [4.78, 5) is 0. The van der Waals surface area contributed by atoms with Crippen LogP contribution in [-0.2, 0) is 6.42 Å². The monoisotopic (exact) mass is 178 g/mol. The van der Waals surface area contributed by atoms with E-state index < -0.39 is 0 Å². The molecule has 2 nitrogen and oxygen atoms in total. The van der Waals surface area contributed by atoms with E-state index in [0.717, 1.165) is 29.3 Å². The van der Waals surface area contributed by atoms with Gasteiger partial charge in [-0.3, -0.25) is 5.10 Å². The van der Waals surface area contributed by atoms with E-state index in [1.165, 1.54) is 6.07 Å². The van der Waals surface area contributed by atoms with Crippen LogP contribution >= 0.6 is 0 Å². The lowest BCUT2D eigenvalue weighted by Crippen LogP contribution is -1.89. The molecule has 0 bridgehead atoms. The third-order valence-corrected chi connectivity index (χ3v) is 2.13.